The van der Waals surface area contributed by atoms with Gasteiger partial charge in [-0.25, -0.2) is 8.78 Å². The van der Waals surface area contributed by atoms with E-state index >= 15 is 0 Å². The summed E-state index contributed by atoms with van der Waals surface area (Å²) in [7, 11) is 1.27. The predicted octanol–water partition coefficient (Wildman–Crippen LogP) is 3.28. The summed E-state index contributed by atoms with van der Waals surface area (Å²) in [6, 6.07) is 2.33. The van der Waals surface area contributed by atoms with E-state index in [1.54, 1.807) is 0 Å². The minimum atomic E-state index is -1.11. The number of carbonyl (C=O) groups is 1. The Balaban J connectivity index is 2.43. The molecule has 0 aliphatic heterocycles. The van der Waals surface area contributed by atoms with Gasteiger partial charge in [0.2, 0.25) is 0 Å². The molecule has 92 valence electrons. The van der Waals surface area contributed by atoms with E-state index in [0.29, 0.717) is 5.56 Å². The summed E-state index contributed by atoms with van der Waals surface area (Å²) in [6.07, 6.45) is 1.74. The Morgan fingerprint density at radius 3 is 2.65 bits per heavy atom. The molecule has 0 radical (unpaired) electrons. The van der Waals surface area contributed by atoms with Gasteiger partial charge in [0.1, 0.15) is 0 Å². The normalized spacial score (nSPS) is 16.7. The number of methoxy groups -OCH3 is 1. The minimum absolute atomic E-state index is 0.116. The van der Waals surface area contributed by atoms with Crippen LogP contribution in [0.1, 0.15) is 24.3 Å². The number of hydrogen-bond acceptors (Lipinski definition) is 2. The van der Waals surface area contributed by atoms with Crippen LogP contribution in [0.15, 0.2) is 12.1 Å². The molecule has 5 heteroatoms. The third kappa shape index (κ3) is 2.27. The Morgan fingerprint density at radius 2 is 2.12 bits per heavy atom. The number of halogens is 3. The van der Waals surface area contributed by atoms with Gasteiger partial charge < -0.3 is 4.74 Å². The van der Waals surface area contributed by atoms with E-state index in [2.05, 4.69) is 4.74 Å². The zero-order chi connectivity index (χ0) is 12.6. The van der Waals surface area contributed by atoms with Crippen molar-refractivity contribution in [3.05, 3.63) is 34.4 Å². The van der Waals surface area contributed by atoms with Crippen molar-refractivity contribution in [2.75, 3.05) is 7.11 Å². The zero-order valence-electron chi connectivity index (χ0n) is 9.17. The summed E-state index contributed by atoms with van der Waals surface area (Å²) in [5, 5.41) is -0.327. The van der Waals surface area contributed by atoms with E-state index in [1.165, 1.54) is 13.2 Å². The van der Waals surface area contributed by atoms with E-state index in [-0.39, 0.29) is 10.9 Å². The van der Waals surface area contributed by atoms with Crippen LogP contribution in [0.4, 0.5) is 8.78 Å². The molecule has 1 aliphatic carbocycles. The topological polar surface area (TPSA) is 26.3 Å². The number of rotatable bonds is 3. The summed E-state index contributed by atoms with van der Waals surface area (Å²) >= 11 is 5.74. The monoisotopic (exact) mass is 260 g/mol. The van der Waals surface area contributed by atoms with Gasteiger partial charge in [0.25, 0.3) is 0 Å². The molecule has 17 heavy (non-hydrogen) atoms. The van der Waals surface area contributed by atoms with Crippen LogP contribution in [0, 0.1) is 17.6 Å². The van der Waals surface area contributed by atoms with Crippen LogP contribution in [0.2, 0.25) is 5.02 Å². The number of ether oxygens (including phenoxy) is 1. The first-order valence-electron chi connectivity index (χ1n) is 5.27. The maximum atomic E-state index is 13.3. The van der Waals surface area contributed by atoms with E-state index in [4.69, 9.17) is 11.6 Å². The summed E-state index contributed by atoms with van der Waals surface area (Å²) in [6.45, 7) is 0. The molecule has 0 bridgehead atoms. The number of carbonyl (C=O) groups excluding carboxylic acids is 1. The second-order valence-electron chi connectivity index (χ2n) is 4.10. The van der Waals surface area contributed by atoms with Crippen molar-refractivity contribution in [2.45, 2.75) is 18.8 Å². The van der Waals surface area contributed by atoms with Crippen molar-refractivity contribution in [1.82, 2.24) is 0 Å². The van der Waals surface area contributed by atoms with Gasteiger partial charge in [0, 0.05) is 0 Å². The average Bonchev–Trinajstić information content (AvgIpc) is 3.13. The molecule has 2 rings (SSSR count). The highest BCUT2D eigenvalue weighted by Crippen LogP contribution is 2.45. The van der Waals surface area contributed by atoms with Crippen LogP contribution in [0.5, 0.6) is 0 Å². The lowest BCUT2D eigenvalue weighted by Crippen LogP contribution is -2.17. The van der Waals surface area contributed by atoms with Crippen LogP contribution in [0.25, 0.3) is 0 Å². The van der Waals surface area contributed by atoms with E-state index in [1.807, 2.05) is 0 Å². The molecule has 1 fully saturated rings. The molecule has 0 heterocycles. The maximum absolute atomic E-state index is 13.3. The van der Waals surface area contributed by atoms with Crippen LogP contribution in [0.3, 0.4) is 0 Å². The molecule has 0 spiro atoms. The summed E-state index contributed by atoms with van der Waals surface area (Å²) in [5.74, 6) is -3.07. The smallest absolute Gasteiger partial charge is 0.313 e. The summed E-state index contributed by atoms with van der Waals surface area (Å²) in [5.41, 5.74) is 0.305. The van der Waals surface area contributed by atoms with Gasteiger partial charge in [-0.15, -0.1) is 0 Å². The predicted molar refractivity (Wildman–Crippen MR) is 58.8 cm³/mol. The van der Waals surface area contributed by atoms with Crippen molar-refractivity contribution < 1.29 is 18.3 Å². The van der Waals surface area contributed by atoms with Crippen LogP contribution in [-0.2, 0) is 9.53 Å². The van der Waals surface area contributed by atoms with Crippen LogP contribution in [-0.4, -0.2) is 13.1 Å². The standard InChI is InChI=1S/C12H11ClF2O2/c1-17-12(16)9(6-2-3-6)7-4-5-8(14)11(15)10(7)13/h4-6,9H,2-3H2,1H3. The molecular formula is C12H11ClF2O2. The van der Waals surface area contributed by atoms with E-state index in [0.717, 1.165) is 18.9 Å². The molecule has 0 saturated heterocycles. The SMILES string of the molecule is COC(=O)C(c1ccc(F)c(F)c1Cl)C1CC1. The number of hydrogen-bond donors (Lipinski definition) is 0. The first-order valence-corrected chi connectivity index (χ1v) is 5.65. The molecule has 1 atom stereocenters. The quantitative estimate of drug-likeness (QED) is 0.616. The first kappa shape index (κ1) is 12.3. The molecule has 0 N–H and O–H groups in total. The second kappa shape index (κ2) is 4.61. The van der Waals surface area contributed by atoms with Gasteiger partial charge >= 0.3 is 5.97 Å². The molecular weight excluding hydrogens is 250 g/mol. The third-order valence-corrected chi connectivity index (χ3v) is 3.33. The maximum Gasteiger partial charge on any atom is 0.313 e. The van der Waals surface area contributed by atoms with Gasteiger partial charge in [0.15, 0.2) is 11.6 Å². The second-order valence-corrected chi connectivity index (χ2v) is 4.48. The lowest BCUT2D eigenvalue weighted by molar-refractivity contribution is -0.143. The Morgan fingerprint density at radius 1 is 1.47 bits per heavy atom. The van der Waals surface area contributed by atoms with Crippen LogP contribution >= 0.6 is 11.6 Å². The highest BCUT2D eigenvalue weighted by atomic mass is 35.5. The van der Waals surface area contributed by atoms with Crippen LogP contribution < -0.4 is 0 Å². The summed E-state index contributed by atoms with van der Waals surface area (Å²) in [4.78, 5) is 11.6. The molecule has 1 saturated carbocycles. The molecule has 1 aromatic rings. The molecule has 1 unspecified atom stereocenters. The van der Waals surface area contributed by atoms with Gasteiger partial charge in [-0.1, -0.05) is 17.7 Å². The highest BCUT2D eigenvalue weighted by Gasteiger charge is 2.39. The van der Waals surface area contributed by atoms with Crippen molar-refractivity contribution in [3.63, 3.8) is 0 Å². The van der Waals surface area contributed by atoms with Gasteiger partial charge in [-0.3, -0.25) is 4.79 Å². The number of esters is 1. The van der Waals surface area contributed by atoms with Crippen molar-refractivity contribution >= 4 is 17.6 Å². The van der Waals surface area contributed by atoms with Gasteiger partial charge in [-0.2, -0.15) is 0 Å². The van der Waals surface area contributed by atoms with E-state index in [9.17, 15) is 13.6 Å². The Labute approximate surface area is 103 Å². The minimum Gasteiger partial charge on any atom is -0.469 e. The fourth-order valence-corrected chi connectivity index (χ4v) is 2.18. The van der Waals surface area contributed by atoms with Gasteiger partial charge in [0.05, 0.1) is 18.1 Å². The Kier molecular flexibility index (Phi) is 3.33. The van der Waals surface area contributed by atoms with Crippen molar-refractivity contribution in [2.24, 2.45) is 5.92 Å². The van der Waals surface area contributed by atoms with Gasteiger partial charge in [-0.05, 0) is 30.4 Å². The zero-order valence-corrected chi connectivity index (χ0v) is 9.93. The average molecular weight is 261 g/mol. The largest absolute Gasteiger partial charge is 0.469 e. The lowest BCUT2D eigenvalue weighted by Gasteiger charge is -2.16. The third-order valence-electron chi connectivity index (χ3n) is 2.95. The molecule has 0 amide bonds. The molecule has 1 aliphatic rings. The van der Waals surface area contributed by atoms with E-state index < -0.39 is 23.5 Å². The molecule has 1 aromatic carbocycles. The molecule has 2 nitrogen and oxygen atoms in total. The number of benzene rings is 1. The summed E-state index contributed by atoms with van der Waals surface area (Å²) < 4.78 is 31.0. The highest BCUT2D eigenvalue weighted by molar-refractivity contribution is 6.31. The lowest BCUT2D eigenvalue weighted by atomic mass is 9.94. The van der Waals surface area contributed by atoms with Crippen molar-refractivity contribution in [1.29, 1.82) is 0 Å². The Hall–Kier alpha value is -1.16. The Bertz CT molecular complexity index is 458. The molecule has 0 aromatic heterocycles. The first-order chi connectivity index (χ1) is 8.06. The fraction of sp³-hybridized carbons (Fsp3) is 0.417. The van der Waals surface area contributed by atoms with Crippen molar-refractivity contribution in [3.8, 4) is 0 Å². The fourth-order valence-electron chi connectivity index (χ4n) is 1.91.